The number of benzene rings is 1. The number of hydrogen-bond donors (Lipinski definition) is 0. The van der Waals surface area contributed by atoms with Gasteiger partial charge in [-0.25, -0.2) is 4.79 Å². The minimum atomic E-state index is -0.453. The van der Waals surface area contributed by atoms with E-state index >= 15 is 0 Å². The van der Waals surface area contributed by atoms with Crippen molar-refractivity contribution in [1.29, 1.82) is 0 Å². The van der Waals surface area contributed by atoms with E-state index in [2.05, 4.69) is 26.8 Å². The fourth-order valence-electron chi connectivity index (χ4n) is 2.57. The maximum atomic E-state index is 11.7. The number of allylic oxidation sites excluding steroid dienone is 3. The second-order valence-electron chi connectivity index (χ2n) is 6.29. The Morgan fingerprint density at radius 1 is 1.08 bits per heavy atom. The molecule has 0 spiro atoms. The quantitative estimate of drug-likeness (QED) is 0.497. The van der Waals surface area contributed by atoms with Crippen molar-refractivity contribution in [3.05, 3.63) is 51.9 Å². The fourth-order valence-corrected chi connectivity index (χ4v) is 2.57. The van der Waals surface area contributed by atoms with Crippen molar-refractivity contribution in [2.45, 2.75) is 33.6 Å². The number of rotatable bonds is 8. The molecule has 0 aliphatic rings. The Hall–Kier alpha value is -2.69. The van der Waals surface area contributed by atoms with Gasteiger partial charge in [-0.3, -0.25) is 0 Å². The van der Waals surface area contributed by atoms with Crippen LogP contribution in [0.5, 0.6) is 17.2 Å². The molecular weight excluding hydrogens is 332 g/mol. The normalized spacial score (nSPS) is 11.3. The lowest BCUT2D eigenvalue weighted by molar-refractivity contribution is 0.320. The van der Waals surface area contributed by atoms with Crippen molar-refractivity contribution in [3.8, 4) is 17.2 Å². The zero-order chi connectivity index (χ0) is 19.1. The lowest BCUT2D eigenvalue weighted by atomic mass is 10.1. The molecule has 26 heavy (non-hydrogen) atoms. The van der Waals surface area contributed by atoms with Crippen molar-refractivity contribution in [2.75, 3.05) is 20.8 Å². The summed E-state index contributed by atoms with van der Waals surface area (Å²) in [5, 5.41) is 0.659. The predicted molar refractivity (Wildman–Crippen MR) is 104 cm³/mol. The highest BCUT2D eigenvalue weighted by Gasteiger charge is 2.17. The average Bonchev–Trinajstić information content (AvgIpc) is 2.61. The first-order valence-corrected chi connectivity index (χ1v) is 8.57. The van der Waals surface area contributed by atoms with Crippen LogP contribution in [-0.4, -0.2) is 20.8 Å². The maximum Gasteiger partial charge on any atom is 0.336 e. The first-order valence-electron chi connectivity index (χ1n) is 8.57. The van der Waals surface area contributed by atoms with Gasteiger partial charge in [0.2, 0.25) is 5.75 Å². The van der Waals surface area contributed by atoms with Crippen LogP contribution in [0.15, 0.2) is 50.7 Å². The second-order valence-corrected chi connectivity index (χ2v) is 6.29. The Balaban J connectivity index is 2.27. The molecule has 140 valence electrons. The Bertz CT molecular complexity index is 870. The van der Waals surface area contributed by atoms with Gasteiger partial charge in [-0.1, -0.05) is 17.2 Å². The third-order valence-corrected chi connectivity index (χ3v) is 3.98. The molecule has 0 saturated heterocycles. The molecule has 5 heteroatoms. The van der Waals surface area contributed by atoms with Crippen molar-refractivity contribution in [1.82, 2.24) is 0 Å². The predicted octanol–water partition coefficient (Wildman–Crippen LogP) is 4.88. The molecule has 1 heterocycles. The summed E-state index contributed by atoms with van der Waals surface area (Å²) in [4.78, 5) is 11.7. The van der Waals surface area contributed by atoms with Crippen LogP contribution in [0.1, 0.15) is 33.6 Å². The van der Waals surface area contributed by atoms with Gasteiger partial charge < -0.3 is 18.6 Å². The fraction of sp³-hybridized carbons (Fsp3) is 0.381. The highest BCUT2D eigenvalue weighted by molar-refractivity contribution is 5.91. The third-order valence-electron chi connectivity index (χ3n) is 3.98. The number of hydrogen-bond acceptors (Lipinski definition) is 5. The van der Waals surface area contributed by atoms with Gasteiger partial charge in [-0.05, 0) is 45.8 Å². The maximum absolute atomic E-state index is 11.7. The Labute approximate surface area is 153 Å². The van der Waals surface area contributed by atoms with Gasteiger partial charge in [0.15, 0.2) is 11.3 Å². The minimum Gasteiger partial charge on any atom is -0.496 e. The van der Waals surface area contributed by atoms with E-state index in [1.54, 1.807) is 19.2 Å². The molecule has 0 radical (unpaired) electrons. The van der Waals surface area contributed by atoms with Crippen LogP contribution in [-0.2, 0) is 0 Å². The molecule has 0 unspecified atom stereocenters. The van der Waals surface area contributed by atoms with E-state index < -0.39 is 5.63 Å². The number of fused-ring (bicyclic) bond motifs is 1. The summed E-state index contributed by atoms with van der Waals surface area (Å²) < 4.78 is 22.0. The minimum absolute atomic E-state index is 0.323. The van der Waals surface area contributed by atoms with Gasteiger partial charge >= 0.3 is 5.63 Å². The topological polar surface area (TPSA) is 57.9 Å². The standard InChI is InChI=1S/C21H26O5/c1-14(2)7-6-8-15(3)11-12-25-21-18(24-5)13-17(23-4)16-9-10-19(22)26-20(16)21/h7,9-11,13H,6,8,12H2,1-5H3. The highest BCUT2D eigenvalue weighted by atomic mass is 16.5. The second kappa shape index (κ2) is 9.13. The van der Waals surface area contributed by atoms with E-state index in [1.807, 2.05) is 6.08 Å². The first-order chi connectivity index (χ1) is 12.5. The van der Waals surface area contributed by atoms with Gasteiger partial charge in [0.05, 0.1) is 19.6 Å². The number of methoxy groups -OCH3 is 2. The van der Waals surface area contributed by atoms with Crippen LogP contribution in [0.3, 0.4) is 0 Å². The molecule has 0 amide bonds. The van der Waals surface area contributed by atoms with Crippen LogP contribution >= 0.6 is 0 Å². The van der Waals surface area contributed by atoms with Gasteiger partial charge in [-0.2, -0.15) is 0 Å². The van der Waals surface area contributed by atoms with E-state index in [0.717, 1.165) is 12.8 Å². The summed E-state index contributed by atoms with van der Waals surface area (Å²) in [5.41, 5.74) is 2.43. The van der Waals surface area contributed by atoms with Crippen molar-refractivity contribution >= 4 is 11.0 Å². The lowest BCUT2D eigenvalue weighted by Crippen LogP contribution is -2.02. The molecule has 0 atom stereocenters. The summed E-state index contributed by atoms with van der Waals surface area (Å²) in [6.45, 7) is 6.62. The average molecular weight is 358 g/mol. The number of ether oxygens (including phenoxy) is 3. The Morgan fingerprint density at radius 3 is 2.46 bits per heavy atom. The van der Waals surface area contributed by atoms with Gasteiger partial charge in [0.25, 0.3) is 0 Å². The van der Waals surface area contributed by atoms with Gasteiger partial charge in [0.1, 0.15) is 12.4 Å². The molecule has 0 saturated carbocycles. The highest BCUT2D eigenvalue weighted by Crippen LogP contribution is 2.40. The van der Waals surface area contributed by atoms with Gasteiger partial charge in [0, 0.05) is 12.1 Å². The molecule has 0 aliphatic carbocycles. The van der Waals surface area contributed by atoms with Crippen LogP contribution in [0, 0.1) is 0 Å². The molecular formula is C21H26O5. The molecule has 1 aromatic heterocycles. The van der Waals surface area contributed by atoms with E-state index in [9.17, 15) is 4.79 Å². The zero-order valence-electron chi connectivity index (χ0n) is 16.0. The summed E-state index contributed by atoms with van der Waals surface area (Å²) in [6, 6.07) is 4.74. The Kier molecular flexibility index (Phi) is 6.89. The van der Waals surface area contributed by atoms with Gasteiger partial charge in [-0.15, -0.1) is 0 Å². The summed E-state index contributed by atoms with van der Waals surface area (Å²) in [7, 11) is 3.09. The lowest BCUT2D eigenvalue weighted by Gasteiger charge is -2.14. The molecule has 5 nitrogen and oxygen atoms in total. The van der Waals surface area contributed by atoms with E-state index in [-0.39, 0.29) is 0 Å². The Morgan fingerprint density at radius 2 is 1.81 bits per heavy atom. The van der Waals surface area contributed by atoms with E-state index in [4.69, 9.17) is 18.6 Å². The molecule has 0 aliphatic heterocycles. The summed E-state index contributed by atoms with van der Waals surface area (Å²) in [5.74, 6) is 1.41. The summed E-state index contributed by atoms with van der Waals surface area (Å²) in [6.07, 6.45) is 6.22. The zero-order valence-corrected chi connectivity index (χ0v) is 16.0. The molecule has 0 bridgehead atoms. The van der Waals surface area contributed by atoms with Crippen molar-refractivity contribution < 1.29 is 18.6 Å². The van der Waals surface area contributed by atoms with Crippen LogP contribution in [0.4, 0.5) is 0 Å². The molecule has 0 fully saturated rings. The van der Waals surface area contributed by atoms with Crippen molar-refractivity contribution in [3.63, 3.8) is 0 Å². The van der Waals surface area contributed by atoms with E-state index in [1.165, 1.54) is 24.3 Å². The van der Waals surface area contributed by atoms with Crippen LogP contribution < -0.4 is 19.8 Å². The van der Waals surface area contributed by atoms with Crippen LogP contribution in [0.25, 0.3) is 11.0 Å². The van der Waals surface area contributed by atoms with Crippen LogP contribution in [0.2, 0.25) is 0 Å². The monoisotopic (exact) mass is 358 g/mol. The SMILES string of the molecule is COc1cc(OC)c2ccc(=O)oc2c1OCC=C(C)CCC=C(C)C. The van der Waals surface area contributed by atoms with Crippen molar-refractivity contribution in [2.24, 2.45) is 0 Å². The summed E-state index contributed by atoms with van der Waals surface area (Å²) >= 11 is 0. The molecule has 2 rings (SSSR count). The smallest absolute Gasteiger partial charge is 0.336 e. The largest absolute Gasteiger partial charge is 0.496 e. The molecule has 1 aromatic carbocycles. The third kappa shape index (κ3) is 4.91. The molecule has 0 N–H and O–H groups in total. The first kappa shape index (κ1) is 19.6. The molecule has 2 aromatic rings. The van der Waals surface area contributed by atoms with E-state index in [0.29, 0.717) is 34.8 Å².